The molecule has 0 aliphatic heterocycles. The molecule has 0 fully saturated rings. The number of rotatable bonds is 4. The normalized spacial score (nSPS) is 11.5. The molecule has 0 saturated heterocycles. The van der Waals surface area contributed by atoms with Crippen molar-refractivity contribution in [2.75, 3.05) is 0 Å². The van der Waals surface area contributed by atoms with E-state index in [2.05, 4.69) is 0 Å². The highest BCUT2D eigenvalue weighted by Gasteiger charge is 2.04. The third-order valence-corrected chi connectivity index (χ3v) is 1.69. The van der Waals surface area contributed by atoms with Gasteiger partial charge in [0.05, 0.1) is 0 Å². The maximum atomic E-state index is 10.5. The smallest absolute Gasteiger partial charge is 0.188 e. The molecule has 0 atom stereocenters. The van der Waals surface area contributed by atoms with E-state index in [1.165, 1.54) is 0 Å². The van der Waals surface area contributed by atoms with Crippen molar-refractivity contribution in [2.24, 2.45) is 0 Å². The lowest BCUT2D eigenvalue weighted by atomic mass is 10.3. The molecule has 0 amide bonds. The number of hydrogen-bond acceptors (Lipinski definition) is 3. The first-order chi connectivity index (χ1) is 6.77. The second-order valence-corrected chi connectivity index (χ2v) is 2.77. The number of carbonyl (C=O) groups is 2. The number of hydrogen-bond donors (Lipinski definition) is 0. The van der Waals surface area contributed by atoms with Crippen LogP contribution in [0.5, 0.6) is 5.75 Å². The third-order valence-electron chi connectivity index (χ3n) is 1.42. The van der Waals surface area contributed by atoms with Gasteiger partial charge in [0.25, 0.3) is 0 Å². The molecule has 3 nitrogen and oxygen atoms in total. The molecule has 4 heteroatoms. The van der Waals surface area contributed by atoms with E-state index < -0.39 is 0 Å². The zero-order chi connectivity index (χ0) is 10.4. The van der Waals surface area contributed by atoms with Gasteiger partial charge in [-0.15, -0.1) is 0 Å². The molecule has 0 aromatic heterocycles. The molecular formula is C10H7ClO3. The van der Waals surface area contributed by atoms with E-state index in [9.17, 15) is 9.59 Å². The van der Waals surface area contributed by atoms with Gasteiger partial charge in [-0.1, -0.05) is 29.8 Å². The van der Waals surface area contributed by atoms with Gasteiger partial charge in [-0.3, -0.25) is 9.59 Å². The first-order valence-electron chi connectivity index (χ1n) is 3.81. The fourth-order valence-electron chi connectivity index (χ4n) is 0.803. The first-order valence-corrected chi connectivity index (χ1v) is 4.18. The van der Waals surface area contributed by atoms with Crippen LogP contribution < -0.4 is 4.74 Å². The highest BCUT2D eigenvalue weighted by atomic mass is 35.5. The predicted molar refractivity (Wildman–Crippen MR) is 52.1 cm³/mol. The van der Waals surface area contributed by atoms with E-state index >= 15 is 0 Å². The Labute approximate surface area is 85.9 Å². The number of aldehydes is 2. The molecule has 0 aliphatic carbocycles. The number of allylic oxidation sites excluding steroid dienone is 2. The first kappa shape index (κ1) is 10.5. The van der Waals surface area contributed by atoms with Crippen LogP contribution in [0.15, 0.2) is 41.1 Å². The quantitative estimate of drug-likeness (QED) is 0.433. The fourth-order valence-corrected chi connectivity index (χ4v) is 0.886. The summed E-state index contributed by atoms with van der Waals surface area (Å²) >= 11 is 5.44. The van der Waals surface area contributed by atoms with Crippen molar-refractivity contribution >= 4 is 24.2 Å². The molecule has 0 bridgehead atoms. The Balaban J connectivity index is 2.87. The largest absolute Gasteiger partial charge is 0.452 e. The fraction of sp³-hybridized carbons (Fsp3) is 0. The van der Waals surface area contributed by atoms with Crippen LogP contribution in [0.3, 0.4) is 0 Å². The van der Waals surface area contributed by atoms with Crippen molar-refractivity contribution in [2.45, 2.75) is 0 Å². The van der Waals surface area contributed by atoms with Gasteiger partial charge in [0.2, 0.25) is 0 Å². The molecule has 14 heavy (non-hydrogen) atoms. The van der Waals surface area contributed by atoms with Gasteiger partial charge in [0, 0.05) is 0 Å². The molecule has 0 N–H and O–H groups in total. The Morgan fingerprint density at radius 3 is 2.29 bits per heavy atom. The summed E-state index contributed by atoms with van der Waals surface area (Å²) in [4.78, 5) is 20.8. The topological polar surface area (TPSA) is 43.4 Å². The van der Waals surface area contributed by atoms with Crippen molar-refractivity contribution in [3.05, 3.63) is 41.1 Å². The lowest BCUT2D eigenvalue weighted by molar-refractivity contribution is -0.108. The van der Waals surface area contributed by atoms with Crippen LogP contribution in [0.25, 0.3) is 0 Å². The molecular weight excluding hydrogens is 204 g/mol. The predicted octanol–water partition coefficient (Wildman–Crippen LogP) is 1.91. The van der Waals surface area contributed by atoms with Crippen molar-refractivity contribution < 1.29 is 14.3 Å². The van der Waals surface area contributed by atoms with Crippen LogP contribution in [0.2, 0.25) is 0 Å². The SMILES string of the molecule is O=CC(Cl)=C(C=O)Oc1ccccc1. The van der Waals surface area contributed by atoms with Crippen LogP contribution in [0, 0.1) is 0 Å². The summed E-state index contributed by atoms with van der Waals surface area (Å²) in [5, 5.41) is -0.246. The van der Waals surface area contributed by atoms with E-state index in [0.29, 0.717) is 18.3 Å². The van der Waals surface area contributed by atoms with Gasteiger partial charge in [-0.25, -0.2) is 0 Å². The third kappa shape index (κ3) is 2.71. The van der Waals surface area contributed by atoms with Crippen LogP contribution in [-0.2, 0) is 9.59 Å². The van der Waals surface area contributed by atoms with Gasteiger partial charge in [0.1, 0.15) is 10.8 Å². The molecule has 1 aromatic carbocycles. The number of benzene rings is 1. The Hall–Kier alpha value is -1.61. The lowest BCUT2D eigenvalue weighted by Gasteiger charge is -2.03. The molecule has 0 radical (unpaired) electrons. The summed E-state index contributed by atoms with van der Waals surface area (Å²) < 4.78 is 5.06. The molecule has 1 rings (SSSR count). The number of carbonyl (C=O) groups excluding carboxylic acids is 2. The summed E-state index contributed by atoms with van der Waals surface area (Å²) in [5.41, 5.74) is 0. The molecule has 0 aliphatic rings. The summed E-state index contributed by atoms with van der Waals surface area (Å²) in [6.45, 7) is 0. The number of ether oxygens (including phenoxy) is 1. The molecule has 0 heterocycles. The summed E-state index contributed by atoms with van der Waals surface area (Å²) in [5.74, 6) is 0.266. The van der Waals surface area contributed by atoms with Crippen molar-refractivity contribution in [1.82, 2.24) is 0 Å². The van der Waals surface area contributed by atoms with E-state index in [1.54, 1.807) is 30.3 Å². The summed E-state index contributed by atoms with van der Waals surface area (Å²) in [6, 6.07) is 8.59. The number of para-hydroxylation sites is 1. The Kier molecular flexibility index (Phi) is 3.88. The standard InChI is InChI=1S/C10H7ClO3/c11-9(6-12)10(7-13)14-8-4-2-1-3-5-8/h1-7H. The van der Waals surface area contributed by atoms with E-state index in [-0.39, 0.29) is 10.8 Å². The monoisotopic (exact) mass is 210 g/mol. The maximum Gasteiger partial charge on any atom is 0.188 e. The Bertz CT molecular complexity index is 357. The zero-order valence-corrected chi connectivity index (χ0v) is 7.90. The summed E-state index contributed by atoms with van der Waals surface area (Å²) in [7, 11) is 0. The molecule has 0 spiro atoms. The highest BCUT2D eigenvalue weighted by molar-refractivity contribution is 6.39. The molecule has 0 saturated carbocycles. The minimum absolute atomic E-state index is 0.187. The van der Waals surface area contributed by atoms with Gasteiger partial charge in [-0.2, -0.15) is 0 Å². The van der Waals surface area contributed by atoms with E-state index in [1.807, 2.05) is 0 Å². The van der Waals surface area contributed by atoms with Gasteiger partial charge in [0.15, 0.2) is 18.3 Å². The van der Waals surface area contributed by atoms with Crippen molar-refractivity contribution in [1.29, 1.82) is 0 Å². The second kappa shape index (κ2) is 5.19. The van der Waals surface area contributed by atoms with Gasteiger partial charge < -0.3 is 4.74 Å². The van der Waals surface area contributed by atoms with E-state index in [4.69, 9.17) is 16.3 Å². The van der Waals surface area contributed by atoms with Crippen LogP contribution in [0.4, 0.5) is 0 Å². The molecule has 1 aromatic rings. The minimum Gasteiger partial charge on any atom is -0.452 e. The van der Waals surface area contributed by atoms with Crippen LogP contribution in [0.1, 0.15) is 0 Å². The Morgan fingerprint density at radius 2 is 1.79 bits per heavy atom. The average Bonchev–Trinajstić information content (AvgIpc) is 2.26. The van der Waals surface area contributed by atoms with Crippen LogP contribution in [-0.4, -0.2) is 12.6 Å². The van der Waals surface area contributed by atoms with Crippen LogP contribution >= 0.6 is 11.6 Å². The second-order valence-electron chi connectivity index (χ2n) is 2.36. The summed E-state index contributed by atoms with van der Waals surface area (Å²) in [6.07, 6.45) is 0.748. The average molecular weight is 211 g/mol. The van der Waals surface area contributed by atoms with Crippen molar-refractivity contribution in [3.8, 4) is 5.75 Å². The minimum atomic E-state index is -0.246. The maximum absolute atomic E-state index is 10.5. The zero-order valence-electron chi connectivity index (χ0n) is 7.14. The highest BCUT2D eigenvalue weighted by Crippen LogP contribution is 2.14. The van der Waals surface area contributed by atoms with Gasteiger partial charge in [-0.05, 0) is 12.1 Å². The Morgan fingerprint density at radius 1 is 1.14 bits per heavy atom. The van der Waals surface area contributed by atoms with Crippen molar-refractivity contribution in [3.63, 3.8) is 0 Å². The lowest BCUT2D eigenvalue weighted by Crippen LogP contribution is -1.99. The van der Waals surface area contributed by atoms with Gasteiger partial charge >= 0.3 is 0 Å². The molecule has 0 unspecified atom stereocenters. The number of halogens is 1. The van der Waals surface area contributed by atoms with E-state index in [0.717, 1.165) is 0 Å². The molecule has 72 valence electrons.